The molecule has 4 rings (SSSR count). The van der Waals surface area contributed by atoms with Gasteiger partial charge in [0.25, 0.3) is 0 Å². The largest absolute Gasteiger partial charge is 0.573 e. The van der Waals surface area contributed by atoms with Crippen LogP contribution in [0.4, 0.5) is 19.1 Å². The molecular weight excluding hydrogens is 399 g/mol. The number of benzene rings is 2. The number of aldehydes is 1. The fourth-order valence-electron chi connectivity index (χ4n) is 3.07. The van der Waals surface area contributed by atoms with Gasteiger partial charge < -0.3 is 9.64 Å². The molecule has 2 aromatic carbocycles. The molecule has 0 amide bonds. The van der Waals surface area contributed by atoms with Gasteiger partial charge in [-0.05, 0) is 38.4 Å². The van der Waals surface area contributed by atoms with Gasteiger partial charge in [0.1, 0.15) is 18.2 Å². The molecule has 1 unspecified atom stereocenters. The van der Waals surface area contributed by atoms with E-state index in [2.05, 4.69) is 14.8 Å². The molecule has 0 N–H and O–H groups in total. The summed E-state index contributed by atoms with van der Waals surface area (Å²) in [4.78, 5) is 19.6. The predicted molar refractivity (Wildman–Crippen MR) is 104 cm³/mol. The molecule has 1 aliphatic heterocycles. The highest BCUT2D eigenvalue weighted by molar-refractivity contribution is 5.76. The summed E-state index contributed by atoms with van der Waals surface area (Å²) in [5.74, 6) is 0.714. The highest BCUT2D eigenvalue weighted by atomic mass is 19.4. The Hall–Kier alpha value is -3.40. The van der Waals surface area contributed by atoms with Crippen LogP contribution in [-0.2, 0) is 0 Å². The number of nitrogens with zero attached hydrogens (tertiary/aromatic N) is 5. The molecule has 0 radical (unpaired) electrons. The predicted octanol–water partition coefficient (Wildman–Crippen LogP) is 3.35. The maximum Gasteiger partial charge on any atom is 0.573 e. The third-order valence-electron chi connectivity index (χ3n) is 4.65. The van der Waals surface area contributed by atoms with Crippen LogP contribution in [0.3, 0.4) is 0 Å². The molecule has 1 saturated heterocycles. The van der Waals surface area contributed by atoms with Gasteiger partial charge in [-0.2, -0.15) is 9.67 Å². The van der Waals surface area contributed by atoms with Gasteiger partial charge in [0.05, 0.1) is 12.2 Å². The number of ether oxygens (including phenoxy) is 1. The normalized spacial score (nSPS) is 16.1. The molecule has 30 heavy (non-hydrogen) atoms. The van der Waals surface area contributed by atoms with Gasteiger partial charge in [0, 0.05) is 11.1 Å². The summed E-state index contributed by atoms with van der Waals surface area (Å²) in [5, 5.41) is 4.56. The van der Waals surface area contributed by atoms with Crippen LogP contribution < -0.4 is 9.64 Å². The summed E-state index contributed by atoms with van der Waals surface area (Å²) in [6.07, 6.45) is -3.84. The fraction of sp³-hybridized carbons (Fsp3) is 0.250. The Morgan fingerprint density at radius 2 is 1.77 bits per heavy atom. The Kier molecular flexibility index (Phi) is 4.94. The second-order valence-corrected chi connectivity index (χ2v) is 7.03. The van der Waals surface area contributed by atoms with Gasteiger partial charge in [-0.1, -0.05) is 24.3 Å². The minimum Gasteiger partial charge on any atom is -0.406 e. The topological polar surface area (TPSA) is 63.3 Å². The first-order valence-electron chi connectivity index (χ1n) is 9.07. The zero-order valence-corrected chi connectivity index (χ0v) is 16.2. The molecule has 1 aromatic heterocycles. The molecule has 0 saturated carbocycles. The van der Waals surface area contributed by atoms with Crippen molar-refractivity contribution in [2.24, 2.45) is 0 Å². The van der Waals surface area contributed by atoms with Crippen LogP contribution in [0.2, 0.25) is 0 Å². The molecular formula is C20H18F3N5O2. The average Bonchev–Trinajstić information content (AvgIpc) is 3.39. The monoisotopic (exact) mass is 417 g/mol. The van der Waals surface area contributed by atoms with Gasteiger partial charge in [-0.3, -0.25) is 9.69 Å². The van der Waals surface area contributed by atoms with Crippen molar-refractivity contribution in [1.82, 2.24) is 19.7 Å². The number of likely N-dealkylation sites (N-methyl/N-ethyl adjacent to an activating group) is 1. The number of carbonyl (C=O) groups is 1. The maximum atomic E-state index is 12.4. The van der Waals surface area contributed by atoms with Crippen molar-refractivity contribution < 1.29 is 22.7 Å². The summed E-state index contributed by atoms with van der Waals surface area (Å²) in [6, 6.07) is 12.3. The van der Waals surface area contributed by atoms with Gasteiger partial charge >= 0.3 is 6.36 Å². The van der Waals surface area contributed by atoms with E-state index in [0.717, 1.165) is 18.4 Å². The Morgan fingerprint density at radius 1 is 1.10 bits per heavy atom. The summed E-state index contributed by atoms with van der Waals surface area (Å²) in [7, 11) is 3.90. The van der Waals surface area contributed by atoms with Crippen LogP contribution in [0.1, 0.15) is 10.4 Å². The lowest BCUT2D eigenvalue weighted by Gasteiger charge is -2.12. The second-order valence-electron chi connectivity index (χ2n) is 7.03. The molecule has 0 bridgehead atoms. The van der Waals surface area contributed by atoms with Gasteiger partial charge in [0.2, 0.25) is 5.95 Å². The first-order valence-corrected chi connectivity index (χ1v) is 9.07. The number of aromatic nitrogens is 3. The molecule has 2 heterocycles. The zero-order valence-electron chi connectivity index (χ0n) is 16.2. The number of hydrogen-bond donors (Lipinski definition) is 0. The third-order valence-corrected chi connectivity index (χ3v) is 4.65. The number of anilines is 1. The molecule has 10 heteroatoms. The molecule has 1 fully saturated rings. The average molecular weight is 417 g/mol. The van der Waals surface area contributed by atoms with Crippen LogP contribution in [0.15, 0.2) is 48.5 Å². The van der Waals surface area contributed by atoms with E-state index in [9.17, 15) is 18.0 Å². The van der Waals surface area contributed by atoms with E-state index in [1.807, 2.05) is 23.9 Å². The molecule has 156 valence electrons. The van der Waals surface area contributed by atoms with Gasteiger partial charge in [-0.25, -0.2) is 0 Å². The Balaban J connectivity index is 1.70. The van der Waals surface area contributed by atoms with Crippen molar-refractivity contribution in [3.63, 3.8) is 0 Å². The van der Waals surface area contributed by atoms with Crippen molar-refractivity contribution >= 4 is 12.2 Å². The standard InChI is InChI=1S/C20H18F3N5O2/c1-26(2)17-11-27(17)19-24-18(14-5-3-13(12-29)4-6-14)25-28(19)15-7-9-16(10-8-15)30-20(21,22)23/h3-10,12,17H,11H2,1-2H3. The van der Waals surface area contributed by atoms with Crippen molar-refractivity contribution in [2.75, 3.05) is 25.5 Å². The Morgan fingerprint density at radius 3 is 2.30 bits per heavy atom. The number of carbonyl (C=O) groups excluding carboxylic acids is 1. The molecule has 3 aromatic rings. The van der Waals surface area contributed by atoms with Crippen molar-refractivity contribution in [3.8, 4) is 22.8 Å². The maximum absolute atomic E-state index is 12.4. The van der Waals surface area contributed by atoms with E-state index in [1.54, 1.807) is 28.9 Å². The van der Waals surface area contributed by atoms with Crippen molar-refractivity contribution in [3.05, 3.63) is 54.1 Å². The molecule has 0 aliphatic carbocycles. The van der Waals surface area contributed by atoms with E-state index in [4.69, 9.17) is 0 Å². The highest BCUT2D eigenvalue weighted by Gasteiger charge is 2.40. The highest BCUT2D eigenvalue weighted by Crippen LogP contribution is 2.32. The lowest BCUT2D eigenvalue weighted by Crippen LogP contribution is -2.21. The van der Waals surface area contributed by atoms with E-state index in [1.165, 1.54) is 24.3 Å². The van der Waals surface area contributed by atoms with Gasteiger partial charge in [-0.15, -0.1) is 18.3 Å². The molecule has 1 aliphatic rings. The Bertz CT molecular complexity index is 1050. The van der Waals surface area contributed by atoms with Crippen molar-refractivity contribution in [2.45, 2.75) is 12.5 Å². The second kappa shape index (κ2) is 7.45. The minimum atomic E-state index is -4.75. The minimum absolute atomic E-state index is 0.158. The number of halogens is 3. The van der Waals surface area contributed by atoms with Crippen LogP contribution in [0, 0.1) is 0 Å². The third kappa shape index (κ3) is 4.13. The lowest BCUT2D eigenvalue weighted by molar-refractivity contribution is -0.274. The summed E-state index contributed by atoms with van der Waals surface area (Å²) < 4.78 is 42.8. The first kappa shape index (κ1) is 19.9. The van der Waals surface area contributed by atoms with Crippen LogP contribution in [0.5, 0.6) is 5.75 Å². The lowest BCUT2D eigenvalue weighted by atomic mass is 10.1. The van der Waals surface area contributed by atoms with Crippen molar-refractivity contribution in [1.29, 1.82) is 0 Å². The van der Waals surface area contributed by atoms with Crippen LogP contribution >= 0.6 is 0 Å². The van der Waals surface area contributed by atoms with Gasteiger partial charge in [0.15, 0.2) is 5.82 Å². The quantitative estimate of drug-likeness (QED) is 0.453. The van der Waals surface area contributed by atoms with E-state index in [-0.39, 0.29) is 11.9 Å². The fourth-order valence-corrected chi connectivity index (χ4v) is 3.07. The molecule has 7 nitrogen and oxygen atoms in total. The van der Waals surface area contributed by atoms with Crippen LogP contribution in [0.25, 0.3) is 17.1 Å². The number of rotatable bonds is 6. The van der Waals surface area contributed by atoms with E-state index >= 15 is 0 Å². The summed E-state index contributed by atoms with van der Waals surface area (Å²) >= 11 is 0. The Labute approximate surface area is 170 Å². The molecule has 0 spiro atoms. The number of hydrogen-bond acceptors (Lipinski definition) is 6. The van der Waals surface area contributed by atoms with E-state index < -0.39 is 6.36 Å². The smallest absolute Gasteiger partial charge is 0.406 e. The summed E-state index contributed by atoms with van der Waals surface area (Å²) in [6.45, 7) is 0.754. The van der Waals surface area contributed by atoms with Crippen LogP contribution in [-0.4, -0.2) is 59.1 Å². The number of alkyl halides is 3. The van der Waals surface area contributed by atoms with E-state index in [0.29, 0.717) is 23.0 Å². The first-order chi connectivity index (χ1) is 14.2. The summed E-state index contributed by atoms with van der Waals surface area (Å²) in [5.41, 5.74) is 1.81. The zero-order chi connectivity index (χ0) is 21.5. The SMILES string of the molecule is CN(C)C1CN1c1nc(-c2ccc(C=O)cc2)nn1-c1ccc(OC(F)(F)F)cc1. The molecule has 1 atom stereocenters.